The maximum absolute atomic E-state index is 7.03. The standard InChI is InChI=1S/C94H75BN4O.Pt/c1-61-46-63(3)91(64(4)47-61)95(92-65(5)48-62(2)49-66(92)6)78-40-43-86-85(57-78)84-42-41-81(59-89(84)99(86)90-56-77(44-45-96-90)94(7,8)9)100-80-35-24-34-79(58-80)97-60-98(88-39-23-22-38-87(88)97)93-82(75-52-71(67-26-14-10-15-27-67)50-72(53-75)68-28-16-11-17-29-68)36-25-37-83(93)76-54-73(69-30-18-12-19-31-69)51-74(55-76)70-32-20-13-21-33-70;/h10-57H,1-9H3;/q-2;. The fraction of sp³-hybridized carbons (Fsp3) is 0.106. The van der Waals surface area contributed by atoms with Crippen molar-refractivity contribution >= 4 is 55.9 Å². The molecule has 7 heteroatoms. The second kappa shape index (κ2) is 27.2. The maximum atomic E-state index is 7.03. The summed E-state index contributed by atoms with van der Waals surface area (Å²) in [5, 5.41) is 2.18. The molecule has 492 valence electrons. The van der Waals surface area contributed by atoms with Crippen LogP contribution in [-0.4, -0.2) is 20.8 Å². The summed E-state index contributed by atoms with van der Waals surface area (Å²) in [4.78, 5) is 5.12. The fourth-order valence-electron chi connectivity index (χ4n) is 15.4. The van der Waals surface area contributed by atoms with E-state index in [-0.39, 0.29) is 33.2 Å². The van der Waals surface area contributed by atoms with E-state index in [1.807, 2.05) is 24.4 Å². The van der Waals surface area contributed by atoms with Gasteiger partial charge in [-0.2, -0.15) is 18.2 Å². The number of ether oxygens (including phenoxy) is 1. The van der Waals surface area contributed by atoms with Crippen LogP contribution in [0.4, 0.5) is 0 Å². The first-order chi connectivity index (χ1) is 48.6. The zero-order valence-electron chi connectivity index (χ0n) is 58.3. The number of benzene rings is 13. The fourth-order valence-corrected chi connectivity index (χ4v) is 15.4. The van der Waals surface area contributed by atoms with Gasteiger partial charge in [-0.15, -0.1) is 29.7 Å². The number of para-hydroxylation sites is 3. The molecule has 16 aromatic rings. The van der Waals surface area contributed by atoms with Crippen LogP contribution < -0.4 is 25.7 Å². The Morgan fingerprint density at radius 2 is 0.881 bits per heavy atom. The maximum Gasteiger partial charge on any atom is 0.268 e. The summed E-state index contributed by atoms with van der Waals surface area (Å²) in [5.74, 6) is 1.92. The molecule has 0 radical (unpaired) electrons. The third-order valence-electron chi connectivity index (χ3n) is 19.9. The van der Waals surface area contributed by atoms with Crippen molar-refractivity contribution < 1.29 is 30.4 Å². The number of fused-ring (bicyclic) bond motifs is 4. The monoisotopic (exact) mass is 1480 g/mol. The number of hydrogen-bond acceptors (Lipinski definition) is 2. The van der Waals surface area contributed by atoms with Crippen LogP contribution in [-0.2, 0) is 26.5 Å². The summed E-state index contributed by atoms with van der Waals surface area (Å²) >= 11 is 0. The minimum atomic E-state index is -0.112. The Morgan fingerprint density at radius 1 is 0.406 bits per heavy atom. The second-order valence-electron chi connectivity index (χ2n) is 27.9. The van der Waals surface area contributed by atoms with Crippen molar-refractivity contribution in [2.75, 3.05) is 0 Å². The van der Waals surface area contributed by atoms with E-state index in [1.54, 1.807) is 0 Å². The Morgan fingerprint density at radius 3 is 1.40 bits per heavy atom. The zero-order valence-corrected chi connectivity index (χ0v) is 60.6. The number of nitrogens with zero attached hydrogens (tertiary/aromatic N) is 4. The minimum Gasteiger partial charge on any atom is -0.510 e. The number of aryl methyl sites for hydroxylation is 6. The van der Waals surface area contributed by atoms with Crippen LogP contribution in [0.5, 0.6) is 11.5 Å². The number of imidazole rings is 1. The number of aromatic nitrogens is 4. The molecule has 0 N–H and O–H groups in total. The molecule has 0 unspecified atom stereocenters. The van der Waals surface area contributed by atoms with Crippen molar-refractivity contribution in [3.05, 3.63) is 349 Å². The van der Waals surface area contributed by atoms with Crippen molar-refractivity contribution in [2.45, 2.75) is 67.7 Å². The molecule has 3 heterocycles. The van der Waals surface area contributed by atoms with E-state index >= 15 is 0 Å². The predicted octanol–water partition coefficient (Wildman–Crippen LogP) is 21.3. The number of pyridine rings is 1. The molecule has 0 bridgehead atoms. The summed E-state index contributed by atoms with van der Waals surface area (Å²) in [6.45, 7) is 20.3. The van der Waals surface area contributed by atoms with Crippen LogP contribution in [0.1, 0.15) is 59.7 Å². The van der Waals surface area contributed by atoms with Crippen LogP contribution in [0.2, 0.25) is 0 Å². The van der Waals surface area contributed by atoms with Crippen LogP contribution >= 0.6 is 0 Å². The van der Waals surface area contributed by atoms with Gasteiger partial charge in [0, 0.05) is 44.3 Å². The van der Waals surface area contributed by atoms with Gasteiger partial charge in [0.2, 0.25) is 6.71 Å². The van der Waals surface area contributed by atoms with E-state index in [1.165, 1.54) is 55.3 Å². The van der Waals surface area contributed by atoms with E-state index in [9.17, 15) is 0 Å². The normalized spacial score (nSPS) is 11.5. The second-order valence-corrected chi connectivity index (χ2v) is 27.9. The molecule has 101 heavy (non-hydrogen) atoms. The van der Waals surface area contributed by atoms with Gasteiger partial charge in [0.15, 0.2) is 0 Å². The summed E-state index contributed by atoms with van der Waals surface area (Å²) in [5.41, 5.74) is 31.7. The largest absolute Gasteiger partial charge is 0.510 e. The van der Waals surface area contributed by atoms with Gasteiger partial charge < -0.3 is 13.9 Å². The Balaban J connectivity index is 0.00000827. The van der Waals surface area contributed by atoms with Gasteiger partial charge in [-0.1, -0.05) is 276 Å². The Labute approximate surface area is 608 Å². The molecule has 5 nitrogen and oxygen atoms in total. The van der Waals surface area contributed by atoms with Crippen LogP contribution in [0.3, 0.4) is 0 Å². The summed E-state index contributed by atoms with van der Waals surface area (Å²) in [7, 11) is 0. The molecule has 0 aliphatic carbocycles. The molecule has 0 atom stereocenters. The molecule has 0 aliphatic rings. The molecular weight excluding hydrogens is 1410 g/mol. The molecule has 0 amide bonds. The average molecular weight is 1480 g/mol. The number of hydrogen-bond donors (Lipinski definition) is 0. The summed E-state index contributed by atoms with van der Waals surface area (Å²) < 4.78 is 13.7. The Bertz CT molecular complexity index is 5450. The van der Waals surface area contributed by atoms with E-state index < -0.39 is 0 Å². The molecular formula is C94H75BN4OPt-2. The van der Waals surface area contributed by atoms with Crippen molar-refractivity contribution in [1.29, 1.82) is 0 Å². The van der Waals surface area contributed by atoms with Crippen molar-refractivity contribution in [1.82, 2.24) is 14.1 Å². The SMILES string of the molecule is Cc1cc(C)c(B(c2ccc3c(c2)c2ccc(Oc4[c-]c(-n5[c-][n+](-c6c(-c7cc(-c8ccccc8)cc(-c8ccccc8)c7)cccc6-c6cc(-c7ccccc7)cc(-c7ccccc7)c6)c6ccccc65)ccc4)[c-]c2n3-c2cc(C(C)(C)C)ccn2)c2c(C)cc(C)cc2C)c(C)c1.[Pt]. The first-order valence-corrected chi connectivity index (χ1v) is 34.6. The van der Waals surface area contributed by atoms with Crippen LogP contribution in [0.15, 0.2) is 291 Å². The van der Waals surface area contributed by atoms with E-state index in [0.29, 0.717) is 11.5 Å². The molecule has 13 aromatic carbocycles. The van der Waals surface area contributed by atoms with Gasteiger partial charge in [0.1, 0.15) is 5.82 Å². The van der Waals surface area contributed by atoms with Gasteiger partial charge >= 0.3 is 0 Å². The molecule has 3 aromatic heterocycles. The Hall–Kier alpha value is -11.2. The zero-order chi connectivity index (χ0) is 68.3. The van der Waals surface area contributed by atoms with Crippen LogP contribution in [0.25, 0.3) is 117 Å². The van der Waals surface area contributed by atoms with Gasteiger partial charge in [0.25, 0.3) is 6.33 Å². The minimum absolute atomic E-state index is 0. The van der Waals surface area contributed by atoms with Crippen LogP contribution in [0, 0.1) is 60.0 Å². The summed E-state index contributed by atoms with van der Waals surface area (Å²) in [6, 6.07) is 111. The molecule has 0 saturated heterocycles. The molecule has 0 aliphatic heterocycles. The quantitative estimate of drug-likeness (QED) is 0.0618. The summed E-state index contributed by atoms with van der Waals surface area (Å²) in [6.07, 6.45) is 5.91. The van der Waals surface area contributed by atoms with E-state index in [0.717, 1.165) is 117 Å². The number of rotatable bonds is 14. The molecule has 0 saturated carbocycles. The van der Waals surface area contributed by atoms with Crippen molar-refractivity contribution in [3.8, 4) is 95.5 Å². The first-order valence-electron chi connectivity index (χ1n) is 34.6. The third-order valence-corrected chi connectivity index (χ3v) is 19.9. The third kappa shape index (κ3) is 12.7. The molecule has 0 spiro atoms. The van der Waals surface area contributed by atoms with Gasteiger partial charge in [-0.05, 0) is 185 Å². The topological polar surface area (TPSA) is 35.9 Å². The molecule has 0 fully saturated rings. The van der Waals surface area contributed by atoms with Gasteiger partial charge in [0.05, 0.1) is 16.7 Å². The Kier molecular flexibility index (Phi) is 17.7. The predicted molar refractivity (Wildman–Crippen MR) is 417 cm³/mol. The van der Waals surface area contributed by atoms with E-state index in [4.69, 9.17) is 9.72 Å². The molecule has 16 rings (SSSR count). The van der Waals surface area contributed by atoms with Crippen molar-refractivity contribution in [3.63, 3.8) is 0 Å². The smallest absolute Gasteiger partial charge is 0.268 e. The average Bonchev–Trinajstić information content (AvgIpc) is 1.63. The van der Waals surface area contributed by atoms with Gasteiger partial charge in [-0.25, -0.2) is 4.98 Å². The van der Waals surface area contributed by atoms with E-state index in [2.05, 4.69) is 361 Å². The van der Waals surface area contributed by atoms with Gasteiger partial charge in [-0.3, -0.25) is 4.57 Å². The first kappa shape index (κ1) is 65.8. The van der Waals surface area contributed by atoms with Crippen molar-refractivity contribution in [2.24, 2.45) is 0 Å².